The monoisotopic (exact) mass is 413 g/mol. The molecule has 5 rings (SSSR count). The topological polar surface area (TPSA) is 58.6 Å². The number of hydrogen-bond acceptors (Lipinski definition) is 4. The number of rotatable bonds is 8. The van der Waals surface area contributed by atoms with Gasteiger partial charge in [0.1, 0.15) is 11.4 Å². The summed E-state index contributed by atoms with van der Waals surface area (Å²) in [6.07, 6.45) is 7.42. The van der Waals surface area contributed by atoms with E-state index in [4.69, 9.17) is 4.74 Å². The van der Waals surface area contributed by atoms with Gasteiger partial charge in [-0.25, -0.2) is 0 Å². The highest BCUT2D eigenvalue weighted by molar-refractivity contribution is 5.76. The molecule has 0 heterocycles. The number of phenolic OH excluding ortho intramolecular Hbond substituents is 1. The molecule has 0 radical (unpaired) electrons. The van der Waals surface area contributed by atoms with Crippen molar-refractivity contribution in [3.8, 4) is 5.75 Å². The van der Waals surface area contributed by atoms with Gasteiger partial charge in [-0.1, -0.05) is 19.1 Å². The molecular formula is C26H39NO3. The quantitative estimate of drug-likeness (QED) is 0.571. The molecular weight excluding hydrogens is 374 g/mol. The third-order valence-electron chi connectivity index (χ3n) is 8.44. The number of benzene rings is 1. The number of esters is 1. The minimum atomic E-state index is -0.551. The Labute approximate surface area is 181 Å². The molecule has 0 aromatic heterocycles. The van der Waals surface area contributed by atoms with Crippen LogP contribution in [-0.2, 0) is 9.53 Å². The van der Waals surface area contributed by atoms with Crippen LogP contribution in [-0.4, -0.2) is 29.8 Å². The summed E-state index contributed by atoms with van der Waals surface area (Å²) in [6.45, 7) is 9.82. The van der Waals surface area contributed by atoms with E-state index in [2.05, 4.69) is 19.2 Å². The molecule has 30 heavy (non-hydrogen) atoms. The van der Waals surface area contributed by atoms with E-state index < -0.39 is 5.41 Å². The van der Waals surface area contributed by atoms with Crippen molar-refractivity contribution in [3.05, 3.63) is 29.8 Å². The molecule has 1 aromatic rings. The molecule has 4 aliphatic rings. The number of phenols is 1. The van der Waals surface area contributed by atoms with Gasteiger partial charge in [0.05, 0.1) is 5.41 Å². The first-order chi connectivity index (χ1) is 14.2. The molecule has 0 aliphatic heterocycles. The van der Waals surface area contributed by atoms with Crippen LogP contribution in [0.4, 0.5) is 0 Å². The first-order valence-corrected chi connectivity index (χ1v) is 11.9. The molecule has 4 heteroatoms. The minimum Gasteiger partial charge on any atom is -0.508 e. The Kier molecular flexibility index (Phi) is 5.91. The van der Waals surface area contributed by atoms with Crippen LogP contribution in [0.2, 0.25) is 0 Å². The highest BCUT2D eigenvalue weighted by atomic mass is 16.6. The summed E-state index contributed by atoms with van der Waals surface area (Å²) < 4.78 is 6.35. The van der Waals surface area contributed by atoms with Crippen LogP contribution in [0.3, 0.4) is 0 Å². The fourth-order valence-electron chi connectivity index (χ4n) is 6.50. The summed E-state index contributed by atoms with van der Waals surface area (Å²) in [5.74, 6) is 3.46. The fourth-order valence-corrected chi connectivity index (χ4v) is 6.50. The molecule has 1 unspecified atom stereocenters. The van der Waals surface area contributed by atoms with Crippen LogP contribution in [0, 0.1) is 29.1 Å². The van der Waals surface area contributed by atoms with Gasteiger partial charge in [0.25, 0.3) is 0 Å². The average Bonchev–Trinajstić information content (AvgIpc) is 2.70. The van der Waals surface area contributed by atoms with Gasteiger partial charge in [-0.2, -0.15) is 0 Å². The van der Waals surface area contributed by atoms with E-state index in [9.17, 15) is 9.90 Å². The van der Waals surface area contributed by atoms with Crippen LogP contribution >= 0.6 is 0 Å². The third kappa shape index (κ3) is 4.12. The number of carbonyl (C=O) groups excluding carboxylic acids is 1. The SMILES string of the molecule is CCC(CNCC(C)(C)C(=O)OC1(C)C2CC3CC(C2)CC1C3)c1ccc(O)cc1. The first kappa shape index (κ1) is 21.7. The Hall–Kier alpha value is -1.55. The Morgan fingerprint density at radius 3 is 2.23 bits per heavy atom. The standard InChI is InChI=1S/C26H39NO3/c1-5-19(20-6-8-23(28)9-7-20)15-27-16-25(2,3)24(29)30-26(4)21-11-17-10-18(13-21)14-22(26)12-17/h6-9,17-19,21-22,27-28H,5,10-16H2,1-4H3. The maximum Gasteiger partial charge on any atom is 0.313 e. The minimum absolute atomic E-state index is 0.0531. The molecule has 4 aliphatic carbocycles. The lowest BCUT2D eigenvalue weighted by Gasteiger charge is -2.59. The van der Waals surface area contributed by atoms with Gasteiger partial charge >= 0.3 is 5.97 Å². The van der Waals surface area contributed by atoms with E-state index in [-0.39, 0.29) is 11.6 Å². The van der Waals surface area contributed by atoms with Gasteiger partial charge in [-0.3, -0.25) is 4.79 Å². The fraction of sp³-hybridized carbons (Fsp3) is 0.731. The molecule has 0 spiro atoms. The maximum atomic E-state index is 13.2. The second kappa shape index (κ2) is 8.18. The van der Waals surface area contributed by atoms with E-state index in [1.54, 1.807) is 12.1 Å². The number of nitrogens with one attached hydrogen (secondary N) is 1. The number of ether oxygens (including phenoxy) is 1. The Morgan fingerprint density at radius 2 is 1.70 bits per heavy atom. The Balaban J connectivity index is 1.33. The average molecular weight is 414 g/mol. The Morgan fingerprint density at radius 1 is 1.13 bits per heavy atom. The van der Waals surface area contributed by atoms with Crippen LogP contribution in [0.5, 0.6) is 5.75 Å². The molecule has 4 saturated carbocycles. The van der Waals surface area contributed by atoms with E-state index in [0.29, 0.717) is 30.0 Å². The summed E-state index contributed by atoms with van der Waals surface area (Å²) in [6, 6.07) is 7.45. The number of hydrogen-bond donors (Lipinski definition) is 2. The summed E-state index contributed by atoms with van der Waals surface area (Å²) in [5.41, 5.74) is 0.398. The van der Waals surface area contributed by atoms with Crippen molar-refractivity contribution in [3.63, 3.8) is 0 Å². The van der Waals surface area contributed by atoms with Crippen LogP contribution in [0.15, 0.2) is 24.3 Å². The summed E-state index contributed by atoms with van der Waals surface area (Å²) in [5, 5.41) is 13.0. The van der Waals surface area contributed by atoms with Crippen molar-refractivity contribution >= 4 is 5.97 Å². The highest BCUT2D eigenvalue weighted by Gasteiger charge is 2.57. The van der Waals surface area contributed by atoms with Gasteiger partial charge in [0.2, 0.25) is 0 Å². The zero-order valence-electron chi connectivity index (χ0n) is 19.1. The third-order valence-corrected chi connectivity index (χ3v) is 8.44. The molecule has 0 saturated heterocycles. The van der Waals surface area contributed by atoms with Crippen LogP contribution in [0.1, 0.15) is 77.7 Å². The maximum absolute atomic E-state index is 13.2. The summed E-state index contributed by atoms with van der Waals surface area (Å²) in [7, 11) is 0. The van der Waals surface area contributed by atoms with Crippen molar-refractivity contribution in [2.24, 2.45) is 29.1 Å². The van der Waals surface area contributed by atoms with Crippen molar-refractivity contribution in [2.75, 3.05) is 13.1 Å². The van der Waals surface area contributed by atoms with Gasteiger partial charge in [0, 0.05) is 13.1 Å². The van der Waals surface area contributed by atoms with Gasteiger partial charge in [-0.15, -0.1) is 0 Å². The largest absolute Gasteiger partial charge is 0.508 e. The van der Waals surface area contributed by atoms with E-state index in [1.165, 1.54) is 37.7 Å². The zero-order chi connectivity index (χ0) is 21.5. The highest BCUT2D eigenvalue weighted by Crippen LogP contribution is 2.59. The smallest absolute Gasteiger partial charge is 0.313 e. The van der Waals surface area contributed by atoms with Crippen molar-refractivity contribution < 1.29 is 14.6 Å². The van der Waals surface area contributed by atoms with E-state index in [0.717, 1.165) is 24.8 Å². The van der Waals surface area contributed by atoms with Gasteiger partial charge < -0.3 is 15.2 Å². The molecule has 1 aromatic carbocycles. The molecule has 4 fully saturated rings. The number of aromatic hydroxyl groups is 1. The first-order valence-electron chi connectivity index (χ1n) is 11.9. The van der Waals surface area contributed by atoms with E-state index >= 15 is 0 Å². The second-order valence-electron chi connectivity index (χ2n) is 11.1. The molecule has 166 valence electrons. The van der Waals surface area contributed by atoms with Crippen molar-refractivity contribution in [1.29, 1.82) is 0 Å². The molecule has 4 nitrogen and oxygen atoms in total. The van der Waals surface area contributed by atoms with Crippen LogP contribution in [0.25, 0.3) is 0 Å². The Bertz CT molecular complexity index is 726. The molecule has 2 N–H and O–H groups in total. The zero-order valence-corrected chi connectivity index (χ0v) is 19.1. The number of carbonyl (C=O) groups is 1. The lowest BCUT2D eigenvalue weighted by molar-refractivity contribution is -0.211. The molecule has 4 bridgehead atoms. The summed E-state index contributed by atoms with van der Waals surface area (Å²) in [4.78, 5) is 13.2. The summed E-state index contributed by atoms with van der Waals surface area (Å²) >= 11 is 0. The van der Waals surface area contributed by atoms with Crippen molar-refractivity contribution in [1.82, 2.24) is 5.32 Å². The van der Waals surface area contributed by atoms with Crippen LogP contribution < -0.4 is 5.32 Å². The van der Waals surface area contributed by atoms with Crippen molar-refractivity contribution in [2.45, 2.75) is 77.7 Å². The lowest BCUT2D eigenvalue weighted by Crippen LogP contribution is -2.59. The predicted octanol–water partition coefficient (Wildman–Crippen LogP) is 5.26. The normalized spacial score (nSPS) is 33.5. The predicted molar refractivity (Wildman–Crippen MR) is 119 cm³/mol. The second-order valence-corrected chi connectivity index (χ2v) is 11.1. The van der Waals surface area contributed by atoms with Gasteiger partial charge in [0.15, 0.2) is 0 Å². The molecule has 1 atom stereocenters. The molecule has 0 amide bonds. The lowest BCUT2D eigenvalue weighted by atomic mass is 9.50. The van der Waals surface area contributed by atoms with E-state index in [1.807, 2.05) is 26.0 Å². The van der Waals surface area contributed by atoms with Gasteiger partial charge in [-0.05, 0) is 107 Å².